The molecule has 0 aromatic carbocycles. The van der Waals surface area contributed by atoms with Gasteiger partial charge in [0.05, 0.1) is 11.9 Å². The number of likely N-dealkylation sites (tertiary alicyclic amines) is 1. The van der Waals surface area contributed by atoms with Gasteiger partial charge in [-0.1, -0.05) is 5.16 Å². The normalized spacial score (nSPS) is 20.7. The van der Waals surface area contributed by atoms with Gasteiger partial charge in [-0.25, -0.2) is 0 Å². The van der Waals surface area contributed by atoms with E-state index in [2.05, 4.69) is 34.0 Å². The van der Waals surface area contributed by atoms with Crippen LogP contribution in [0.4, 0.5) is 5.69 Å². The molecule has 6 heteroatoms. The molecular formula is C13H21N5O. The molecule has 0 spiro atoms. The lowest BCUT2D eigenvalue weighted by atomic mass is 10.1. The number of aromatic nitrogens is 1. The van der Waals surface area contributed by atoms with Crippen LogP contribution in [0, 0.1) is 5.92 Å². The molecule has 0 radical (unpaired) electrons. The van der Waals surface area contributed by atoms with Crippen LogP contribution in [0.1, 0.15) is 12.1 Å². The largest absolute Gasteiger partial charge is 0.409 e. The molecular weight excluding hydrogens is 242 g/mol. The standard InChI is InChI=1S/C13H21N5O/c1-17-6-5-10(8-17)9-18(2)11-3-4-12(15-7-11)13(14)16-19/h3-4,7,10,19H,5-6,8-9H2,1-2H3,(H2,14,16). The quantitative estimate of drug-likeness (QED) is 0.359. The average Bonchev–Trinajstić information content (AvgIpc) is 2.83. The third-order valence-corrected chi connectivity index (χ3v) is 3.58. The lowest BCUT2D eigenvalue weighted by molar-refractivity contribution is 0.318. The van der Waals surface area contributed by atoms with Crippen LogP contribution in [0.3, 0.4) is 0 Å². The van der Waals surface area contributed by atoms with Crippen molar-refractivity contribution >= 4 is 11.5 Å². The Hall–Kier alpha value is -1.82. The third kappa shape index (κ3) is 3.35. The van der Waals surface area contributed by atoms with Gasteiger partial charge in [0, 0.05) is 20.1 Å². The molecule has 1 unspecified atom stereocenters. The monoisotopic (exact) mass is 263 g/mol. The van der Waals surface area contributed by atoms with Crippen LogP contribution in [-0.4, -0.2) is 54.7 Å². The summed E-state index contributed by atoms with van der Waals surface area (Å²) in [4.78, 5) is 8.75. The third-order valence-electron chi connectivity index (χ3n) is 3.58. The number of pyridine rings is 1. The highest BCUT2D eigenvalue weighted by Crippen LogP contribution is 2.19. The lowest BCUT2D eigenvalue weighted by Crippen LogP contribution is -2.27. The van der Waals surface area contributed by atoms with Crippen molar-refractivity contribution in [1.29, 1.82) is 0 Å². The van der Waals surface area contributed by atoms with Gasteiger partial charge in [-0.05, 0) is 38.1 Å². The van der Waals surface area contributed by atoms with Gasteiger partial charge in [-0.15, -0.1) is 0 Å². The molecule has 0 amide bonds. The Kier molecular flexibility index (Phi) is 4.21. The van der Waals surface area contributed by atoms with Crippen molar-refractivity contribution in [2.45, 2.75) is 6.42 Å². The molecule has 1 aliphatic heterocycles. The predicted octanol–water partition coefficient (Wildman–Crippen LogP) is 0.564. The predicted molar refractivity (Wildman–Crippen MR) is 75.6 cm³/mol. The number of oxime groups is 1. The van der Waals surface area contributed by atoms with Gasteiger partial charge in [0.1, 0.15) is 5.69 Å². The second-order valence-corrected chi connectivity index (χ2v) is 5.18. The summed E-state index contributed by atoms with van der Waals surface area (Å²) >= 11 is 0. The van der Waals surface area contributed by atoms with Gasteiger partial charge in [0.25, 0.3) is 0 Å². The first kappa shape index (κ1) is 13.6. The van der Waals surface area contributed by atoms with Crippen molar-refractivity contribution in [2.24, 2.45) is 16.8 Å². The van der Waals surface area contributed by atoms with Crippen molar-refractivity contribution < 1.29 is 5.21 Å². The fourth-order valence-corrected chi connectivity index (χ4v) is 2.48. The summed E-state index contributed by atoms with van der Waals surface area (Å²) in [5.41, 5.74) is 7.02. The second-order valence-electron chi connectivity index (χ2n) is 5.18. The minimum Gasteiger partial charge on any atom is -0.409 e. The van der Waals surface area contributed by atoms with E-state index in [1.54, 1.807) is 12.3 Å². The van der Waals surface area contributed by atoms with Crippen LogP contribution in [-0.2, 0) is 0 Å². The van der Waals surface area contributed by atoms with E-state index in [-0.39, 0.29) is 5.84 Å². The van der Waals surface area contributed by atoms with Crippen LogP contribution < -0.4 is 10.6 Å². The minimum absolute atomic E-state index is 0.0339. The number of rotatable bonds is 4. The Morgan fingerprint density at radius 3 is 2.95 bits per heavy atom. The molecule has 2 rings (SSSR count). The van der Waals surface area contributed by atoms with Gasteiger partial charge in [0.15, 0.2) is 5.84 Å². The highest BCUT2D eigenvalue weighted by atomic mass is 16.4. The maximum absolute atomic E-state index is 8.59. The summed E-state index contributed by atoms with van der Waals surface area (Å²) in [6, 6.07) is 3.71. The summed E-state index contributed by atoms with van der Waals surface area (Å²) in [5.74, 6) is 0.741. The topological polar surface area (TPSA) is 78.0 Å². The van der Waals surface area contributed by atoms with Gasteiger partial charge in [-0.2, -0.15) is 0 Å². The van der Waals surface area contributed by atoms with Gasteiger partial charge >= 0.3 is 0 Å². The summed E-state index contributed by atoms with van der Waals surface area (Å²) in [7, 11) is 4.23. The van der Waals surface area contributed by atoms with E-state index in [4.69, 9.17) is 10.9 Å². The molecule has 1 saturated heterocycles. The number of amidine groups is 1. The summed E-state index contributed by atoms with van der Waals surface area (Å²) in [6.07, 6.45) is 3.00. The van der Waals surface area contributed by atoms with E-state index in [0.717, 1.165) is 18.8 Å². The number of hydrogen-bond acceptors (Lipinski definition) is 5. The van der Waals surface area contributed by atoms with Crippen molar-refractivity contribution in [3.05, 3.63) is 24.0 Å². The van der Waals surface area contributed by atoms with Crippen LogP contribution in [0.15, 0.2) is 23.5 Å². The molecule has 3 N–H and O–H groups in total. The molecule has 1 atom stereocenters. The second kappa shape index (κ2) is 5.88. The first-order valence-corrected chi connectivity index (χ1v) is 6.43. The number of hydrogen-bond donors (Lipinski definition) is 2. The number of nitrogens with zero attached hydrogens (tertiary/aromatic N) is 4. The van der Waals surface area contributed by atoms with E-state index in [1.165, 1.54) is 13.0 Å². The zero-order chi connectivity index (χ0) is 13.8. The minimum atomic E-state index is 0.0339. The molecule has 1 fully saturated rings. The molecule has 6 nitrogen and oxygen atoms in total. The summed E-state index contributed by atoms with van der Waals surface area (Å²) in [6.45, 7) is 3.36. The number of nitrogens with two attached hydrogens (primary N) is 1. The fraction of sp³-hybridized carbons (Fsp3) is 0.538. The first-order chi connectivity index (χ1) is 9.10. The van der Waals surface area contributed by atoms with Crippen molar-refractivity contribution in [1.82, 2.24) is 9.88 Å². The van der Waals surface area contributed by atoms with Crippen LogP contribution in [0.25, 0.3) is 0 Å². The zero-order valence-electron chi connectivity index (χ0n) is 11.5. The Balaban J connectivity index is 1.97. The van der Waals surface area contributed by atoms with Crippen LogP contribution >= 0.6 is 0 Å². The molecule has 1 aromatic heterocycles. The van der Waals surface area contributed by atoms with E-state index < -0.39 is 0 Å². The Morgan fingerprint density at radius 1 is 1.63 bits per heavy atom. The van der Waals surface area contributed by atoms with Gasteiger partial charge < -0.3 is 20.7 Å². The fourth-order valence-electron chi connectivity index (χ4n) is 2.48. The molecule has 0 aliphatic carbocycles. The molecule has 19 heavy (non-hydrogen) atoms. The lowest BCUT2D eigenvalue weighted by Gasteiger charge is -2.22. The molecule has 2 heterocycles. The summed E-state index contributed by atoms with van der Waals surface area (Å²) in [5, 5.41) is 11.5. The molecule has 0 bridgehead atoms. The highest BCUT2D eigenvalue weighted by Gasteiger charge is 2.20. The Labute approximate surface area is 113 Å². The van der Waals surface area contributed by atoms with Crippen molar-refractivity contribution in [3.8, 4) is 0 Å². The Bertz CT molecular complexity index is 445. The average molecular weight is 263 g/mol. The molecule has 1 aromatic rings. The van der Waals surface area contributed by atoms with E-state index in [1.807, 2.05) is 6.07 Å². The smallest absolute Gasteiger partial charge is 0.188 e. The van der Waals surface area contributed by atoms with Crippen LogP contribution in [0.5, 0.6) is 0 Å². The maximum Gasteiger partial charge on any atom is 0.188 e. The molecule has 0 saturated carbocycles. The number of anilines is 1. The van der Waals surface area contributed by atoms with E-state index >= 15 is 0 Å². The maximum atomic E-state index is 8.59. The zero-order valence-corrected chi connectivity index (χ0v) is 11.5. The van der Waals surface area contributed by atoms with E-state index in [0.29, 0.717) is 11.6 Å². The van der Waals surface area contributed by atoms with Crippen molar-refractivity contribution in [3.63, 3.8) is 0 Å². The molecule has 104 valence electrons. The molecule has 1 aliphatic rings. The first-order valence-electron chi connectivity index (χ1n) is 6.43. The SMILES string of the molecule is CN1CCC(CN(C)c2ccc(/C(N)=N/O)nc2)C1. The highest BCUT2D eigenvalue weighted by molar-refractivity contribution is 5.95. The van der Waals surface area contributed by atoms with E-state index in [9.17, 15) is 0 Å². The summed E-state index contributed by atoms with van der Waals surface area (Å²) < 4.78 is 0. The van der Waals surface area contributed by atoms with Crippen LogP contribution in [0.2, 0.25) is 0 Å². The Morgan fingerprint density at radius 2 is 2.42 bits per heavy atom. The van der Waals surface area contributed by atoms with Gasteiger partial charge in [-0.3, -0.25) is 4.98 Å². The van der Waals surface area contributed by atoms with Gasteiger partial charge in [0.2, 0.25) is 0 Å². The van der Waals surface area contributed by atoms with Crippen molar-refractivity contribution in [2.75, 3.05) is 38.6 Å².